The van der Waals surface area contributed by atoms with Crippen molar-refractivity contribution in [3.05, 3.63) is 52.6 Å². The van der Waals surface area contributed by atoms with Gasteiger partial charge in [-0.25, -0.2) is 9.78 Å². The van der Waals surface area contributed by atoms with Gasteiger partial charge in [0.1, 0.15) is 17.5 Å². The molecule has 1 saturated heterocycles. The van der Waals surface area contributed by atoms with E-state index in [4.69, 9.17) is 15.7 Å². The zero-order chi connectivity index (χ0) is 23.3. The number of carboxylic acids is 1. The SMILES string of the molecule is CC[C@@H](N)c1ccc(C#N)nc1.C[C@H]1CCCN1C(=O)c1cc(C(=O)O)c2n1CCOC2. The van der Waals surface area contributed by atoms with Crippen LogP contribution in [0.4, 0.5) is 0 Å². The minimum atomic E-state index is -1.01. The monoisotopic (exact) mass is 439 g/mol. The fourth-order valence-corrected chi connectivity index (χ4v) is 4.00. The minimum Gasteiger partial charge on any atom is -0.478 e. The third-order valence-electron chi connectivity index (χ3n) is 5.94. The fraction of sp³-hybridized carbons (Fsp3) is 0.478. The summed E-state index contributed by atoms with van der Waals surface area (Å²) in [4.78, 5) is 29.7. The normalized spacial score (nSPS) is 18.2. The molecule has 9 nitrogen and oxygen atoms in total. The number of ether oxygens (including phenoxy) is 1. The van der Waals surface area contributed by atoms with Crippen LogP contribution in [0.15, 0.2) is 24.4 Å². The molecule has 2 aromatic rings. The molecular formula is C23H29N5O4. The zero-order valence-corrected chi connectivity index (χ0v) is 18.5. The van der Waals surface area contributed by atoms with Crippen LogP contribution in [0.5, 0.6) is 0 Å². The molecule has 32 heavy (non-hydrogen) atoms. The van der Waals surface area contributed by atoms with Crippen LogP contribution in [0, 0.1) is 11.3 Å². The van der Waals surface area contributed by atoms with Crippen LogP contribution in [0.25, 0.3) is 0 Å². The maximum atomic E-state index is 12.6. The highest BCUT2D eigenvalue weighted by Crippen LogP contribution is 2.25. The number of nitriles is 1. The lowest BCUT2D eigenvalue weighted by Crippen LogP contribution is -2.35. The third-order valence-corrected chi connectivity index (χ3v) is 5.94. The number of amides is 1. The van der Waals surface area contributed by atoms with Crippen molar-refractivity contribution in [2.75, 3.05) is 13.2 Å². The fourth-order valence-electron chi connectivity index (χ4n) is 4.00. The number of aromatic carboxylic acids is 1. The van der Waals surface area contributed by atoms with Gasteiger partial charge in [0.25, 0.3) is 5.91 Å². The van der Waals surface area contributed by atoms with Crippen molar-refractivity contribution in [1.82, 2.24) is 14.5 Å². The lowest BCUT2D eigenvalue weighted by Gasteiger charge is -2.24. The van der Waals surface area contributed by atoms with E-state index in [0.717, 1.165) is 31.4 Å². The summed E-state index contributed by atoms with van der Waals surface area (Å²) in [5, 5.41) is 17.7. The van der Waals surface area contributed by atoms with Gasteiger partial charge in [-0.05, 0) is 43.9 Å². The predicted octanol–water partition coefficient (Wildman–Crippen LogP) is 2.70. The maximum Gasteiger partial charge on any atom is 0.337 e. The van der Waals surface area contributed by atoms with Crippen LogP contribution < -0.4 is 5.73 Å². The number of hydrogen-bond acceptors (Lipinski definition) is 6. The smallest absolute Gasteiger partial charge is 0.337 e. The van der Waals surface area contributed by atoms with E-state index >= 15 is 0 Å². The number of nitrogens with zero attached hydrogens (tertiary/aromatic N) is 4. The standard InChI is InChI=1S/C14H18N2O4.C9H11N3/c1-9-3-2-4-15(9)13(17)11-7-10(14(18)19)12-8-20-6-5-16(11)12;1-2-9(11)7-3-4-8(5-10)12-6-7/h7,9H,2-6,8H2,1H3,(H,18,19);3-4,6,9H,2,11H2,1H3/t2*9-/m01/s1. The van der Waals surface area contributed by atoms with E-state index in [2.05, 4.69) is 4.98 Å². The molecular weight excluding hydrogens is 410 g/mol. The molecule has 4 rings (SSSR count). The maximum absolute atomic E-state index is 12.6. The highest BCUT2D eigenvalue weighted by molar-refractivity contribution is 5.98. The average Bonchev–Trinajstić information content (AvgIpc) is 3.42. The summed E-state index contributed by atoms with van der Waals surface area (Å²) in [5.41, 5.74) is 8.44. The molecule has 0 radical (unpaired) electrons. The number of nitrogens with two attached hydrogens (primary N) is 1. The first-order valence-electron chi connectivity index (χ1n) is 10.8. The number of carbonyl (C=O) groups excluding carboxylic acids is 1. The highest BCUT2D eigenvalue weighted by atomic mass is 16.5. The number of likely N-dealkylation sites (tertiary alicyclic amines) is 1. The number of fused-ring (bicyclic) bond motifs is 1. The number of carbonyl (C=O) groups is 2. The van der Waals surface area contributed by atoms with Crippen molar-refractivity contribution in [3.63, 3.8) is 0 Å². The Morgan fingerprint density at radius 2 is 2.19 bits per heavy atom. The zero-order valence-electron chi connectivity index (χ0n) is 18.5. The van der Waals surface area contributed by atoms with E-state index in [1.807, 2.05) is 30.9 Å². The molecule has 0 bridgehead atoms. The number of aromatic nitrogens is 2. The number of rotatable bonds is 4. The Bertz CT molecular complexity index is 1010. The van der Waals surface area contributed by atoms with Gasteiger partial charge in [-0.3, -0.25) is 4.79 Å². The van der Waals surface area contributed by atoms with Crippen LogP contribution in [0.2, 0.25) is 0 Å². The summed E-state index contributed by atoms with van der Waals surface area (Å²) in [6, 6.07) is 7.25. The summed E-state index contributed by atoms with van der Waals surface area (Å²) < 4.78 is 7.12. The van der Waals surface area contributed by atoms with Gasteiger partial charge in [-0.15, -0.1) is 0 Å². The van der Waals surface area contributed by atoms with Crippen LogP contribution in [0.1, 0.15) is 76.9 Å². The van der Waals surface area contributed by atoms with Crippen LogP contribution >= 0.6 is 0 Å². The molecule has 0 unspecified atom stereocenters. The second-order valence-corrected chi connectivity index (χ2v) is 7.99. The first-order chi connectivity index (χ1) is 15.4. The molecule has 3 N–H and O–H groups in total. The Hall–Kier alpha value is -3.22. The van der Waals surface area contributed by atoms with Crippen LogP contribution in [-0.4, -0.2) is 50.6 Å². The number of carboxylic acid groups (broad SMARTS) is 1. The van der Waals surface area contributed by atoms with Crippen molar-refractivity contribution < 1.29 is 19.4 Å². The number of hydrogen-bond donors (Lipinski definition) is 2. The summed E-state index contributed by atoms with van der Waals surface area (Å²) in [5.74, 6) is -1.07. The minimum absolute atomic E-state index is 0.0326. The van der Waals surface area contributed by atoms with Crippen molar-refractivity contribution in [1.29, 1.82) is 5.26 Å². The van der Waals surface area contributed by atoms with Gasteiger partial charge in [0.15, 0.2) is 0 Å². The van der Waals surface area contributed by atoms with Gasteiger partial charge in [0.2, 0.25) is 0 Å². The van der Waals surface area contributed by atoms with Crippen molar-refractivity contribution >= 4 is 11.9 Å². The van der Waals surface area contributed by atoms with Crippen molar-refractivity contribution in [2.24, 2.45) is 5.73 Å². The molecule has 2 aliphatic heterocycles. The molecule has 0 aromatic carbocycles. The summed E-state index contributed by atoms with van der Waals surface area (Å²) >= 11 is 0. The molecule has 0 aliphatic carbocycles. The molecule has 4 heterocycles. The van der Waals surface area contributed by atoms with Gasteiger partial charge < -0.3 is 25.0 Å². The van der Waals surface area contributed by atoms with Crippen molar-refractivity contribution in [3.8, 4) is 6.07 Å². The summed E-state index contributed by atoms with van der Waals surface area (Å²) in [6.07, 6.45) is 4.56. The lowest BCUT2D eigenvalue weighted by molar-refractivity contribution is 0.0640. The van der Waals surface area contributed by atoms with Gasteiger partial charge in [-0.2, -0.15) is 5.26 Å². The first kappa shape index (κ1) is 23.4. The van der Waals surface area contributed by atoms with Gasteiger partial charge in [0, 0.05) is 31.4 Å². The van der Waals surface area contributed by atoms with E-state index in [1.54, 1.807) is 16.8 Å². The third kappa shape index (κ3) is 4.98. The van der Waals surface area contributed by atoms with E-state index in [1.165, 1.54) is 6.07 Å². The van der Waals surface area contributed by atoms with Gasteiger partial charge in [0.05, 0.1) is 24.5 Å². The summed E-state index contributed by atoms with van der Waals surface area (Å²) in [7, 11) is 0. The molecule has 9 heteroatoms. The van der Waals surface area contributed by atoms with Gasteiger partial charge in [-0.1, -0.05) is 13.0 Å². The second-order valence-electron chi connectivity index (χ2n) is 7.99. The van der Waals surface area contributed by atoms with E-state index in [0.29, 0.717) is 30.2 Å². The Morgan fingerprint density at radius 1 is 1.41 bits per heavy atom. The quantitative estimate of drug-likeness (QED) is 0.748. The molecule has 2 atom stereocenters. The van der Waals surface area contributed by atoms with Gasteiger partial charge >= 0.3 is 5.97 Å². The first-order valence-corrected chi connectivity index (χ1v) is 10.8. The Balaban J connectivity index is 0.000000207. The molecule has 1 fully saturated rings. The lowest BCUT2D eigenvalue weighted by atomic mass is 10.1. The van der Waals surface area contributed by atoms with E-state index in [9.17, 15) is 14.7 Å². The van der Waals surface area contributed by atoms with E-state index in [-0.39, 0.29) is 30.2 Å². The molecule has 170 valence electrons. The topological polar surface area (TPSA) is 134 Å². The Labute approximate surface area is 187 Å². The number of pyridine rings is 1. The molecule has 1 amide bonds. The molecule has 0 saturated carbocycles. The second kappa shape index (κ2) is 10.4. The Kier molecular flexibility index (Phi) is 7.62. The molecule has 0 spiro atoms. The largest absolute Gasteiger partial charge is 0.478 e. The Morgan fingerprint density at radius 3 is 2.75 bits per heavy atom. The van der Waals surface area contributed by atoms with Crippen LogP contribution in [0.3, 0.4) is 0 Å². The summed E-state index contributed by atoms with van der Waals surface area (Å²) in [6.45, 7) is 6.10. The van der Waals surface area contributed by atoms with E-state index < -0.39 is 5.97 Å². The average molecular weight is 440 g/mol. The molecule has 2 aromatic heterocycles. The highest BCUT2D eigenvalue weighted by Gasteiger charge is 2.31. The van der Waals surface area contributed by atoms with Crippen LogP contribution in [-0.2, 0) is 17.9 Å². The predicted molar refractivity (Wildman–Crippen MR) is 117 cm³/mol. The molecule has 2 aliphatic rings. The van der Waals surface area contributed by atoms with Crippen molar-refractivity contribution in [2.45, 2.75) is 58.3 Å².